The molecule has 0 aliphatic carbocycles. The second kappa shape index (κ2) is 3.22. The molecule has 0 unspecified atom stereocenters. The van der Waals surface area contributed by atoms with Crippen molar-refractivity contribution in [1.82, 2.24) is 5.01 Å². The van der Waals surface area contributed by atoms with Crippen LogP contribution >= 0.6 is 0 Å². The Hall–Kier alpha value is -0.860. The van der Waals surface area contributed by atoms with Crippen molar-refractivity contribution in [1.29, 1.82) is 5.41 Å². The molecule has 0 aliphatic rings. The van der Waals surface area contributed by atoms with E-state index in [1.54, 1.807) is 14.0 Å². The zero-order valence-corrected chi connectivity index (χ0v) is 6.39. The van der Waals surface area contributed by atoms with Crippen molar-refractivity contribution < 1.29 is 0 Å². The molecule has 0 rings (SSSR count). The van der Waals surface area contributed by atoms with E-state index in [1.807, 2.05) is 13.8 Å². The van der Waals surface area contributed by atoms with E-state index < -0.39 is 0 Å². The summed E-state index contributed by atoms with van der Waals surface area (Å²) in [5.74, 6) is 0.455. The number of nitrogens with one attached hydrogen (secondary N) is 1. The molecule has 0 atom stereocenters. The minimum absolute atomic E-state index is 0.455. The Morgan fingerprint density at radius 3 is 1.89 bits per heavy atom. The highest BCUT2D eigenvalue weighted by atomic mass is 15.4. The monoisotopic (exact) mass is 127 g/mol. The van der Waals surface area contributed by atoms with Crippen LogP contribution < -0.4 is 0 Å². The highest BCUT2D eigenvalue weighted by molar-refractivity contribution is 5.82. The van der Waals surface area contributed by atoms with E-state index in [0.29, 0.717) is 5.84 Å². The molecule has 0 aromatic heterocycles. The van der Waals surface area contributed by atoms with Gasteiger partial charge in [0.25, 0.3) is 0 Å². The quantitative estimate of drug-likeness (QED) is 0.322. The topological polar surface area (TPSA) is 39.5 Å². The van der Waals surface area contributed by atoms with E-state index in [4.69, 9.17) is 5.41 Å². The standard InChI is InChI=1S/C6H13N3/c1-5(2)8-9(4)6(3)7/h7H,1-4H3. The number of nitrogens with zero attached hydrogens (tertiary/aromatic N) is 2. The van der Waals surface area contributed by atoms with Crippen LogP contribution in [-0.4, -0.2) is 23.6 Å². The zero-order valence-electron chi connectivity index (χ0n) is 6.39. The Kier molecular flexibility index (Phi) is 2.91. The second-order valence-electron chi connectivity index (χ2n) is 2.16. The summed E-state index contributed by atoms with van der Waals surface area (Å²) in [4.78, 5) is 0. The fraction of sp³-hybridized carbons (Fsp3) is 0.667. The van der Waals surface area contributed by atoms with Gasteiger partial charge in [0.15, 0.2) is 0 Å². The third-order valence-electron chi connectivity index (χ3n) is 0.835. The van der Waals surface area contributed by atoms with Gasteiger partial charge in [0.2, 0.25) is 0 Å². The number of hydrazone groups is 1. The van der Waals surface area contributed by atoms with Crippen LogP contribution in [0.2, 0.25) is 0 Å². The highest BCUT2D eigenvalue weighted by Crippen LogP contribution is 1.85. The summed E-state index contributed by atoms with van der Waals surface area (Å²) in [5, 5.41) is 12.7. The predicted octanol–water partition coefficient (Wildman–Crippen LogP) is 1.31. The molecule has 0 aromatic carbocycles. The molecule has 0 spiro atoms. The Morgan fingerprint density at radius 1 is 1.33 bits per heavy atom. The Bertz CT molecular complexity index is 133. The normalized spacial score (nSPS) is 8.44. The smallest absolute Gasteiger partial charge is 0.113 e. The van der Waals surface area contributed by atoms with Crippen LogP contribution in [0.1, 0.15) is 20.8 Å². The maximum atomic E-state index is 7.11. The predicted molar refractivity (Wildman–Crippen MR) is 39.9 cm³/mol. The van der Waals surface area contributed by atoms with Crippen LogP contribution in [0.25, 0.3) is 0 Å². The average molecular weight is 127 g/mol. The zero-order chi connectivity index (χ0) is 7.44. The minimum Gasteiger partial charge on any atom is -0.287 e. The van der Waals surface area contributed by atoms with Crippen LogP contribution in [0.15, 0.2) is 5.10 Å². The molecule has 9 heavy (non-hydrogen) atoms. The van der Waals surface area contributed by atoms with Crippen molar-refractivity contribution in [3.05, 3.63) is 0 Å². The van der Waals surface area contributed by atoms with E-state index in [9.17, 15) is 0 Å². The first kappa shape index (κ1) is 8.14. The van der Waals surface area contributed by atoms with Gasteiger partial charge in [-0.15, -0.1) is 0 Å². The van der Waals surface area contributed by atoms with Crippen LogP contribution in [0, 0.1) is 5.41 Å². The molecule has 0 heterocycles. The number of rotatable bonds is 1. The molecule has 0 fully saturated rings. The average Bonchev–Trinajstić information content (AvgIpc) is 1.63. The summed E-state index contributed by atoms with van der Waals surface area (Å²) in [6.45, 7) is 5.51. The van der Waals surface area contributed by atoms with E-state index in [2.05, 4.69) is 5.10 Å². The van der Waals surface area contributed by atoms with E-state index in [0.717, 1.165) is 5.71 Å². The van der Waals surface area contributed by atoms with E-state index in [1.165, 1.54) is 5.01 Å². The third-order valence-corrected chi connectivity index (χ3v) is 0.835. The number of hydrogen-bond donors (Lipinski definition) is 1. The maximum Gasteiger partial charge on any atom is 0.113 e. The van der Waals surface area contributed by atoms with Crippen molar-refractivity contribution in [2.24, 2.45) is 5.10 Å². The van der Waals surface area contributed by atoms with Crippen LogP contribution in [0.5, 0.6) is 0 Å². The molecule has 0 radical (unpaired) electrons. The SMILES string of the molecule is CC(=N)N(C)N=C(C)C. The van der Waals surface area contributed by atoms with Crippen molar-refractivity contribution >= 4 is 11.5 Å². The molecular weight excluding hydrogens is 114 g/mol. The first-order chi connectivity index (χ1) is 4.04. The van der Waals surface area contributed by atoms with Gasteiger partial charge in [-0.3, -0.25) is 10.4 Å². The molecule has 0 aromatic rings. The largest absolute Gasteiger partial charge is 0.287 e. The fourth-order valence-electron chi connectivity index (χ4n) is 0.375. The lowest BCUT2D eigenvalue weighted by molar-refractivity contribution is 0.536. The van der Waals surface area contributed by atoms with Gasteiger partial charge in [0.05, 0.1) is 0 Å². The van der Waals surface area contributed by atoms with Gasteiger partial charge in [0, 0.05) is 12.8 Å². The summed E-state index contributed by atoms with van der Waals surface area (Å²) in [5.41, 5.74) is 0.962. The van der Waals surface area contributed by atoms with Crippen molar-refractivity contribution in [3.63, 3.8) is 0 Å². The molecule has 3 heteroatoms. The minimum atomic E-state index is 0.455. The Balaban J connectivity index is 3.91. The first-order valence-electron chi connectivity index (χ1n) is 2.84. The molecular formula is C6H13N3. The third kappa shape index (κ3) is 3.70. The lowest BCUT2D eigenvalue weighted by atomic mass is 10.5. The van der Waals surface area contributed by atoms with Crippen LogP contribution in [-0.2, 0) is 0 Å². The van der Waals surface area contributed by atoms with Crippen molar-refractivity contribution in [3.8, 4) is 0 Å². The molecule has 0 saturated carbocycles. The summed E-state index contributed by atoms with van der Waals surface area (Å²) >= 11 is 0. The van der Waals surface area contributed by atoms with Crippen LogP contribution in [0.4, 0.5) is 0 Å². The highest BCUT2D eigenvalue weighted by Gasteiger charge is 1.91. The van der Waals surface area contributed by atoms with Gasteiger partial charge in [0.1, 0.15) is 5.84 Å². The van der Waals surface area contributed by atoms with Gasteiger partial charge in [-0.25, -0.2) is 0 Å². The fourth-order valence-corrected chi connectivity index (χ4v) is 0.375. The van der Waals surface area contributed by atoms with Gasteiger partial charge in [-0.2, -0.15) is 5.10 Å². The first-order valence-corrected chi connectivity index (χ1v) is 2.84. The molecule has 3 nitrogen and oxygen atoms in total. The molecule has 0 bridgehead atoms. The van der Waals surface area contributed by atoms with Gasteiger partial charge in [-0.1, -0.05) is 0 Å². The molecule has 0 aliphatic heterocycles. The molecule has 0 amide bonds. The Morgan fingerprint density at radius 2 is 1.78 bits per heavy atom. The van der Waals surface area contributed by atoms with Gasteiger partial charge < -0.3 is 0 Å². The molecule has 0 saturated heterocycles. The summed E-state index contributed by atoms with van der Waals surface area (Å²) in [6.07, 6.45) is 0. The Labute approximate surface area is 55.9 Å². The van der Waals surface area contributed by atoms with E-state index >= 15 is 0 Å². The molecule has 1 N–H and O–H groups in total. The lowest BCUT2D eigenvalue weighted by Gasteiger charge is -2.09. The summed E-state index contributed by atoms with van der Waals surface area (Å²) in [6, 6.07) is 0. The molecule has 52 valence electrons. The summed E-state index contributed by atoms with van der Waals surface area (Å²) < 4.78 is 0. The summed E-state index contributed by atoms with van der Waals surface area (Å²) in [7, 11) is 1.76. The number of hydrogen-bond acceptors (Lipinski definition) is 2. The maximum absolute atomic E-state index is 7.11. The number of amidine groups is 1. The van der Waals surface area contributed by atoms with Gasteiger partial charge in [-0.05, 0) is 20.8 Å². The lowest BCUT2D eigenvalue weighted by Crippen LogP contribution is -2.17. The van der Waals surface area contributed by atoms with E-state index in [-0.39, 0.29) is 0 Å². The van der Waals surface area contributed by atoms with Crippen molar-refractivity contribution in [2.45, 2.75) is 20.8 Å². The second-order valence-corrected chi connectivity index (χ2v) is 2.16. The van der Waals surface area contributed by atoms with Gasteiger partial charge >= 0.3 is 0 Å². The van der Waals surface area contributed by atoms with Crippen molar-refractivity contribution in [2.75, 3.05) is 7.05 Å². The van der Waals surface area contributed by atoms with Crippen LogP contribution in [0.3, 0.4) is 0 Å².